The van der Waals surface area contributed by atoms with Gasteiger partial charge in [0.05, 0.1) is 74.6 Å². The van der Waals surface area contributed by atoms with E-state index in [1.165, 1.54) is 0 Å². The van der Waals surface area contributed by atoms with Gasteiger partial charge in [0.15, 0.2) is 8.32 Å². The summed E-state index contributed by atoms with van der Waals surface area (Å²) in [4.78, 5) is 17.5. The number of oxazole rings is 1. The Hall–Kier alpha value is -2.63. The zero-order valence-corrected chi connectivity index (χ0v) is 48.7. The summed E-state index contributed by atoms with van der Waals surface area (Å²) in [5.74, 6) is 1.39. The minimum atomic E-state index is -2.22. The van der Waals surface area contributed by atoms with E-state index in [1.807, 2.05) is 39.0 Å². The fraction of sp³-hybridized carbons (Fsp3) is 0.754. The van der Waals surface area contributed by atoms with Gasteiger partial charge in [-0.05, 0) is 112 Å². The van der Waals surface area contributed by atoms with Gasteiger partial charge in [-0.2, -0.15) is 0 Å². The summed E-state index contributed by atoms with van der Waals surface area (Å²) in [7, 11) is -2.61. The van der Waals surface area contributed by atoms with Crippen molar-refractivity contribution in [2.45, 2.75) is 245 Å². The Morgan fingerprint density at radius 1 is 0.871 bits per heavy atom. The van der Waals surface area contributed by atoms with E-state index in [-0.39, 0.29) is 77.8 Å². The maximum atomic E-state index is 12.5. The molecule has 11 nitrogen and oxygen atoms in total. The number of carbonyl (C=O) groups excluding carboxylic acids is 1. The molecule has 0 radical (unpaired) electrons. The predicted octanol–water partition coefficient (Wildman–Crippen LogP) is 14.4. The Kier molecular flexibility index (Phi) is 20.5. The van der Waals surface area contributed by atoms with Crippen molar-refractivity contribution in [2.75, 3.05) is 13.7 Å². The van der Waals surface area contributed by atoms with Crippen LogP contribution in [-0.2, 0) is 43.9 Å². The van der Waals surface area contributed by atoms with E-state index in [4.69, 9.17) is 46.7 Å². The molecule has 1 aromatic heterocycles. The molecule has 5 rings (SSSR count). The number of hydrogen-bond acceptors (Lipinski definition) is 11. The van der Waals surface area contributed by atoms with Gasteiger partial charge in [0, 0.05) is 31.1 Å². The Morgan fingerprint density at radius 3 is 2.11 bits per heavy atom. The molecule has 3 aliphatic rings. The van der Waals surface area contributed by atoms with Crippen molar-refractivity contribution >= 4 is 28.7 Å². The lowest BCUT2D eigenvalue weighted by Crippen LogP contribution is -2.56. The van der Waals surface area contributed by atoms with Crippen molar-refractivity contribution < 1.29 is 46.5 Å². The van der Waals surface area contributed by atoms with Gasteiger partial charge < -0.3 is 41.7 Å². The molecule has 0 aliphatic carbocycles. The Labute approximate surface area is 426 Å². The standard InChI is InChI=1S/C57H95NO10Si2/c1-36(2)70(37(3)4,38(5)6)68-48-32-47(31-46-30-39(7)29-45(64-46)27-28-61-55(59)56(11,12)13)65-51(33-48)49-35-62-52(58-49)22-20-21-50-40(8)53(63-34-43-23-25-44(60-17)26-24-43)41(9)54(66-50)42(10)67-69(18,19)57(14,15)16/h20,22-26,35-38,40-42,45-48,50-51,53-54H,7,21,27-34H2,1-6,8-19H3/b22-20+/t40-,41+,42+,45-,46+,47+,48+,50+,51+,53-,54+/m0/s1. The highest BCUT2D eigenvalue weighted by Crippen LogP contribution is 2.47. The van der Waals surface area contributed by atoms with Crippen LogP contribution in [0.4, 0.5) is 0 Å². The van der Waals surface area contributed by atoms with E-state index in [0.29, 0.717) is 61.4 Å². The number of esters is 1. The van der Waals surface area contributed by atoms with Gasteiger partial charge in [-0.15, -0.1) is 0 Å². The zero-order chi connectivity index (χ0) is 51.9. The van der Waals surface area contributed by atoms with Crippen LogP contribution < -0.4 is 4.74 Å². The lowest BCUT2D eigenvalue weighted by atomic mass is 9.80. The van der Waals surface area contributed by atoms with Crippen LogP contribution in [0.25, 0.3) is 6.08 Å². The van der Waals surface area contributed by atoms with Crippen LogP contribution in [0, 0.1) is 17.3 Å². The Balaban J connectivity index is 1.33. The molecule has 396 valence electrons. The lowest BCUT2D eigenvalue weighted by molar-refractivity contribution is -0.204. The van der Waals surface area contributed by atoms with Crippen LogP contribution in [0.5, 0.6) is 5.75 Å². The fourth-order valence-corrected chi connectivity index (χ4v) is 18.2. The summed E-state index contributed by atoms with van der Waals surface area (Å²) >= 11 is 0. The van der Waals surface area contributed by atoms with E-state index in [2.05, 4.69) is 121 Å². The summed E-state index contributed by atoms with van der Waals surface area (Å²) in [5, 5.41) is 0.0723. The van der Waals surface area contributed by atoms with Crippen LogP contribution >= 0.6 is 0 Å². The average Bonchev–Trinajstić information content (AvgIpc) is 3.74. The highest BCUT2D eigenvalue weighted by molar-refractivity contribution is 6.77. The molecule has 0 saturated carbocycles. The number of hydrogen-bond donors (Lipinski definition) is 0. The first-order valence-corrected chi connectivity index (χ1v) is 31.7. The summed E-state index contributed by atoms with van der Waals surface area (Å²) in [5.41, 5.74) is 3.85. The van der Waals surface area contributed by atoms with Crippen LogP contribution in [-0.4, -0.2) is 90.1 Å². The Morgan fingerprint density at radius 2 is 1.51 bits per heavy atom. The second kappa shape index (κ2) is 24.6. The van der Waals surface area contributed by atoms with Crippen molar-refractivity contribution in [2.24, 2.45) is 17.3 Å². The molecule has 0 amide bonds. The number of ether oxygens (including phenoxy) is 6. The van der Waals surface area contributed by atoms with E-state index < -0.39 is 22.0 Å². The smallest absolute Gasteiger partial charge is 0.311 e. The fourth-order valence-electron chi connectivity index (χ4n) is 11.2. The minimum absolute atomic E-state index is 0.000814. The molecule has 2 aromatic rings. The van der Waals surface area contributed by atoms with Crippen molar-refractivity contribution in [3.8, 4) is 5.75 Å². The maximum Gasteiger partial charge on any atom is 0.311 e. The molecule has 13 heteroatoms. The number of aromatic nitrogens is 1. The third-order valence-electron chi connectivity index (χ3n) is 16.0. The molecule has 11 atom stereocenters. The predicted molar refractivity (Wildman–Crippen MR) is 286 cm³/mol. The van der Waals surface area contributed by atoms with E-state index in [0.717, 1.165) is 41.8 Å². The highest BCUT2D eigenvalue weighted by atomic mass is 28.4. The zero-order valence-electron chi connectivity index (χ0n) is 46.7. The van der Waals surface area contributed by atoms with Gasteiger partial charge in [-0.3, -0.25) is 4.79 Å². The van der Waals surface area contributed by atoms with E-state index in [9.17, 15) is 4.79 Å². The minimum Gasteiger partial charge on any atom is -0.497 e. The first kappa shape index (κ1) is 58.3. The second-order valence-electron chi connectivity index (χ2n) is 24.5. The summed E-state index contributed by atoms with van der Waals surface area (Å²) in [6.45, 7) is 43.0. The molecule has 0 spiro atoms. The van der Waals surface area contributed by atoms with Crippen molar-refractivity contribution in [3.63, 3.8) is 0 Å². The summed E-state index contributed by atoms with van der Waals surface area (Å²) in [6.07, 6.45) is 9.94. The summed E-state index contributed by atoms with van der Waals surface area (Å²) in [6, 6.07) is 8.10. The first-order chi connectivity index (χ1) is 32.6. The van der Waals surface area contributed by atoms with Crippen molar-refractivity contribution in [3.05, 3.63) is 65.9 Å². The first-order valence-electron chi connectivity index (χ1n) is 26.7. The number of rotatable bonds is 21. The van der Waals surface area contributed by atoms with E-state index >= 15 is 0 Å². The molecule has 3 fully saturated rings. The molecule has 0 bridgehead atoms. The van der Waals surface area contributed by atoms with Gasteiger partial charge in [0.25, 0.3) is 0 Å². The second-order valence-corrected chi connectivity index (χ2v) is 34.7. The number of methoxy groups -OCH3 is 1. The van der Waals surface area contributed by atoms with E-state index in [1.54, 1.807) is 13.4 Å². The SMILES string of the molecule is C=C1C[C@H](C[C@@H]2C[C@@H](O[Si](C(C)C)(C(C)C)C(C)C)C[C@H](c3coc(/C=C/C[C@H]4O[C@@H]([C@@H](C)O[Si](C)(C)C(C)(C)C)[C@H](C)[C@@H](OCc5ccc(OC)cc5)[C@H]4C)n3)O2)O[C@@H](CCOC(=O)C(C)(C)C)C1. The van der Waals surface area contributed by atoms with Gasteiger partial charge in [-0.1, -0.05) is 107 Å². The van der Waals surface area contributed by atoms with Gasteiger partial charge in [0.1, 0.15) is 23.8 Å². The van der Waals surface area contributed by atoms with Crippen LogP contribution in [0.1, 0.15) is 172 Å². The van der Waals surface area contributed by atoms with Gasteiger partial charge in [-0.25, -0.2) is 4.98 Å². The van der Waals surface area contributed by atoms with Crippen molar-refractivity contribution in [1.82, 2.24) is 4.98 Å². The summed E-state index contributed by atoms with van der Waals surface area (Å²) < 4.78 is 59.3. The topological polar surface area (TPSA) is 117 Å². The van der Waals surface area contributed by atoms with Gasteiger partial charge >= 0.3 is 5.97 Å². The molecular weight excluding hydrogens is 915 g/mol. The molecule has 0 N–H and O–H groups in total. The molecular formula is C57H95NO10Si2. The molecule has 4 heterocycles. The van der Waals surface area contributed by atoms with Crippen LogP contribution in [0.2, 0.25) is 34.8 Å². The number of benzene rings is 1. The largest absolute Gasteiger partial charge is 0.497 e. The quantitative estimate of drug-likeness (QED) is 0.0676. The molecule has 70 heavy (non-hydrogen) atoms. The molecule has 1 aromatic carbocycles. The maximum absolute atomic E-state index is 12.5. The third kappa shape index (κ3) is 15.0. The normalized spacial score (nSPS) is 28.0. The highest BCUT2D eigenvalue weighted by Gasteiger charge is 2.49. The van der Waals surface area contributed by atoms with Crippen LogP contribution in [0.3, 0.4) is 0 Å². The molecule has 0 unspecified atom stereocenters. The third-order valence-corrected chi connectivity index (χ3v) is 26.7. The van der Waals surface area contributed by atoms with Crippen LogP contribution in [0.15, 0.2) is 53.2 Å². The van der Waals surface area contributed by atoms with Crippen molar-refractivity contribution in [1.29, 1.82) is 0 Å². The lowest BCUT2D eigenvalue weighted by Gasteiger charge is -2.48. The number of carbonyl (C=O) groups is 1. The number of nitrogens with zero attached hydrogens (tertiary/aromatic N) is 1. The Bertz CT molecular complexity index is 1960. The monoisotopic (exact) mass is 1010 g/mol. The van der Waals surface area contributed by atoms with Gasteiger partial charge in [0.2, 0.25) is 14.2 Å². The average molecular weight is 1010 g/mol. The molecule has 3 saturated heterocycles. The molecule has 3 aliphatic heterocycles.